The molecule has 6 heteroatoms. The number of hydrogen-bond acceptors (Lipinski definition) is 4. The largest absolute Gasteiger partial charge is 0.465 e. The number of amides is 1. The second-order valence-electron chi connectivity index (χ2n) is 4.33. The number of ether oxygens (including phenoxy) is 1. The lowest BCUT2D eigenvalue weighted by Gasteiger charge is -2.08. The Morgan fingerprint density at radius 3 is 2.71 bits per heavy atom. The van der Waals surface area contributed by atoms with Crippen LogP contribution in [0, 0.1) is 6.92 Å². The van der Waals surface area contributed by atoms with Gasteiger partial charge in [0.1, 0.15) is 0 Å². The number of benzene rings is 1. The quantitative estimate of drug-likeness (QED) is 0.885. The lowest BCUT2D eigenvalue weighted by Crippen LogP contribution is -2.13. The van der Waals surface area contributed by atoms with Crippen LogP contribution in [-0.4, -0.2) is 24.0 Å². The Hall–Kier alpha value is -2.40. The molecule has 2 aromatic rings. The molecule has 1 aromatic carbocycles. The fourth-order valence-electron chi connectivity index (χ4n) is 1.73. The van der Waals surface area contributed by atoms with Gasteiger partial charge in [-0.2, -0.15) is 0 Å². The van der Waals surface area contributed by atoms with E-state index >= 15 is 0 Å². The number of esters is 1. The van der Waals surface area contributed by atoms with Crippen LogP contribution in [-0.2, 0) is 4.74 Å². The fraction of sp³-hybridized carbons (Fsp3) is 0.133. The summed E-state index contributed by atoms with van der Waals surface area (Å²) in [5.74, 6) is -0.865. The van der Waals surface area contributed by atoms with Crippen LogP contribution in [0.2, 0.25) is 5.02 Å². The Bertz CT molecular complexity index is 701. The van der Waals surface area contributed by atoms with Crippen molar-refractivity contribution >= 4 is 29.2 Å². The molecule has 1 aromatic heterocycles. The number of nitrogens with zero attached hydrogens (tertiary/aromatic N) is 1. The normalized spacial score (nSPS) is 10.0. The number of methoxy groups -OCH3 is 1. The lowest BCUT2D eigenvalue weighted by atomic mass is 10.2. The molecule has 0 atom stereocenters. The van der Waals surface area contributed by atoms with E-state index in [1.54, 1.807) is 31.2 Å². The first-order valence-electron chi connectivity index (χ1n) is 6.13. The summed E-state index contributed by atoms with van der Waals surface area (Å²) in [6, 6.07) is 8.05. The van der Waals surface area contributed by atoms with E-state index in [0.29, 0.717) is 16.3 Å². The first kappa shape index (κ1) is 15.0. The summed E-state index contributed by atoms with van der Waals surface area (Å²) in [4.78, 5) is 27.6. The maximum atomic E-state index is 12.1. The average Bonchev–Trinajstić information content (AvgIpc) is 2.46. The highest BCUT2D eigenvalue weighted by molar-refractivity contribution is 6.34. The smallest absolute Gasteiger partial charge is 0.337 e. The number of aromatic nitrogens is 1. The molecule has 0 fully saturated rings. The third kappa shape index (κ3) is 3.58. The van der Waals surface area contributed by atoms with E-state index in [-0.39, 0.29) is 5.56 Å². The van der Waals surface area contributed by atoms with E-state index < -0.39 is 11.9 Å². The van der Waals surface area contributed by atoms with Crippen LogP contribution in [0.25, 0.3) is 0 Å². The second-order valence-corrected chi connectivity index (χ2v) is 4.74. The molecule has 0 bridgehead atoms. The van der Waals surface area contributed by atoms with Crippen molar-refractivity contribution in [2.45, 2.75) is 6.92 Å². The Morgan fingerprint density at radius 2 is 2.05 bits per heavy atom. The molecule has 108 valence electrons. The predicted octanol–water partition coefficient (Wildman–Crippen LogP) is 3.08. The summed E-state index contributed by atoms with van der Waals surface area (Å²) in [5, 5.41) is 2.99. The zero-order chi connectivity index (χ0) is 15.4. The third-order valence-electron chi connectivity index (χ3n) is 2.78. The van der Waals surface area contributed by atoms with Gasteiger partial charge in [-0.15, -0.1) is 0 Å². The number of hydrogen-bond donors (Lipinski definition) is 1. The number of pyridine rings is 1. The number of nitrogens with one attached hydrogen (secondary N) is 1. The van der Waals surface area contributed by atoms with Crippen molar-refractivity contribution < 1.29 is 14.3 Å². The number of carbonyl (C=O) groups is 2. The molecular formula is C15H13ClN2O3. The molecule has 5 nitrogen and oxygen atoms in total. The van der Waals surface area contributed by atoms with Gasteiger partial charge in [0.15, 0.2) is 0 Å². The molecule has 1 amide bonds. The summed E-state index contributed by atoms with van der Waals surface area (Å²) in [7, 11) is 1.30. The third-order valence-corrected chi connectivity index (χ3v) is 3.09. The minimum atomic E-state index is -0.471. The summed E-state index contributed by atoms with van der Waals surface area (Å²) in [6.45, 7) is 1.79. The number of halogens is 1. The van der Waals surface area contributed by atoms with E-state index in [1.807, 2.05) is 0 Å². The molecule has 0 unspecified atom stereocenters. The topological polar surface area (TPSA) is 68.3 Å². The van der Waals surface area contributed by atoms with Gasteiger partial charge >= 0.3 is 5.97 Å². The van der Waals surface area contributed by atoms with Crippen molar-refractivity contribution in [3.05, 3.63) is 58.4 Å². The van der Waals surface area contributed by atoms with Crippen LogP contribution in [0.15, 0.2) is 36.5 Å². The Kier molecular flexibility index (Phi) is 4.55. The van der Waals surface area contributed by atoms with Crippen LogP contribution < -0.4 is 5.32 Å². The minimum absolute atomic E-state index is 0.269. The molecule has 0 spiro atoms. The summed E-state index contributed by atoms with van der Waals surface area (Å²) >= 11 is 6.02. The summed E-state index contributed by atoms with van der Waals surface area (Å²) in [6.07, 6.45) is 1.41. The predicted molar refractivity (Wildman–Crippen MR) is 79.7 cm³/mol. The number of aryl methyl sites for hydroxylation is 1. The van der Waals surface area contributed by atoms with Crippen molar-refractivity contribution in [2.75, 3.05) is 12.4 Å². The number of carbonyl (C=O) groups excluding carboxylic acids is 2. The first-order chi connectivity index (χ1) is 10.0. The van der Waals surface area contributed by atoms with Crippen molar-refractivity contribution in [1.82, 2.24) is 4.98 Å². The summed E-state index contributed by atoms with van der Waals surface area (Å²) < 4.78 is 4.63. The highest BCUT2D eigenvalue weighted by atomic mass is 35.5. The highest BCUT2D eigenvalue weighted by Gasteiger charge is 2.12. The molecular weight excluding hydrogens is 292 g/mol. The molecule has 0 aliphatic heterocycles. The maximum Gasteiger partial charge on any atom is 0.337 e. The van der Waals surface area contributed by atoms with Gasteiger partial charge < -0.3 is 10.1 Å². The Labute approximate surface area is 126 Å². The Balaban J connectivity index is 2.21. The molecule has 0 saturated carbocycles. The Morgan fingerprint density at radius 1 is 1.29 bits per heavy atom. The van der Waals surface area contributed by atoms with E-state index in [4.69, 9.17) is 11.6 Å². The zero-order valence-corrected chi connectivity index (χ0v) is 12.3. The van der Waals surface area contributed by atoms with Gasteiger partial charge in [-0.05, 0) is 31.2 Å². The van der Waals surface area contributed by atoms with Crippen LogP contribution in [0.4, 0.5) is 5.69 Å². The number of rotatable bonds is 3. The fourth-order valence-corrected chi connectivity index (χ4v) is 2.03. The maximum absolute atomic E-state index is 12.1. The minimum Gasteiger partial charge on any atom is -0.465 e. The second kappa shape index (κ2) is 6.37. The zero-order valence-electron chi connectivity index (χ0n) is 11.5. The van der Waals surface area contributed by atoms with Crippen molar-refractivity contribution in [3.8, 4) is 0 Å². The summed E-state index contributed by atoms with van der Waals surface area (Å²) in [5.41, 5.74) is 1.82. The van der Waals surface area contributed by atoms with Crippen LogP contribution >= 0.6 is 11.6 Å². The van der Waals surface area contributed by atoms with Gasteiger partial charge in [-0.25, -0.2) is 4.79 Å². The van der Waals surface area contributed by atoms with Crippen molar-refractivity contribution in [1.29, 1.82) is 0 Å². The molecule has 0 saturated heterocycles. The van der Waals surface area contributed by atoms with Gasteiger partial charge in [0.2, 0.25) is 0 Å². The molecule has 1 heterocycles. The molecule has 0 aliphatic carbocycles. The number of anilines is 1. The van der Waals surface area contributed by atoms with Crippen molar-refractivity contribution in [3.63, 3.8) is 0 Å². The molecule has 0 aliphatic rings. The van der Waals surface area contributed by atoms with Gasteiger partial charge in [-0.3, -0.25) is 9.78 Å². The van der Waals surface area contributed by atoms with E-state index in [2.05, 4.69) is 15.0 Å². The van der Waals surface area contributed by atoms with Gasteiger partial charge in [0, 0.05) is 17.6 Å². The molecule has 21 heavy (non-hydrogen) atoms. The molecule has 1 N–H and O–H groups in total. The van der Waals surface area contributed by atoms with Crippen molar-refractivity contribution in [2.24, 2.45) is 0 Å². The van der Waals surface area contributed by atoms with Gasteiger partial charge in [-0.1, -0.05) is 17.7 Å². The highest BCUT2D eigenvalue weighted by Crippen LogP contribution is 2.18. The van der Waals surface area contributed by atoms with E-state index in [9.17, 15) is 9.59 Å². The van der Waals surface area contributed by atoms with Crippen LogP contribution in [0.3, 0.4) is 0 Å². The SMILES string of the molecule is COC(=O)c1cccc(NC(=O)c2cnc(C)cc2Cl)c1. The van der Waals surface area contributed by atoms with Crippen LogP contribution in [0.5, 0.6) is 0 Å². The van der Waals surface area contributed by atoms with E-state index in [1.165, 1.54) is 19.4 Å². The standard InChI is InChI=1S/C15H13ClN2O3/c1-9-6-13(16)12(8-17-9)14(19)18-11-5-3-4-10(7-11)15(20)21-2/h3-8H,1-2H3,(H,18,19). The van der Waals surface area contributed by atoms with Gasteiger partial charge in [0.05, 0.1) is 23.3 Å². The van der Waals surface area contributed by atoms with Gasteiger partial charge in [0.25, 0.3) is 5.91 Å². The average molecular weight is 305 g/mol. The van der Waals surface area contributed by atoms with Crippen LogP contribution in [0.1, 0.15) is 26.4 Å². The monoisotopic (exact) mass is 304 g/mol. The first-order valence-corrected chi connectivity index (χ1v) is 6.51. The van der Waals surface area contributed by atoms with E-state index in [0.717, 1.165) is 5.69 Å². The lowest BCUT2D eigenvalue weighted by molar-refractivity contribution is 0.0600. The molecule has 0 radical (unpaired) electrons. The molecule has 2 rings (SSSR count).